The zero-order chi connectivity index (χ0) is 15.5. The molecule has 1 aromatic carbocycles. The molecule has 0 aliphatic carbocycles. The third-order valence-corrected chi connectivity index (χ3v) is 3.70. The normalized spacial score (nSPS) is 12.1. The van der Waals surface area contributed by atoms with Gasteiger partial charge < -0.3 is 5.32 Å². The number of nitrogens with zero attached hydrogens (tertiary/aromatic N) is 3. The Hall–Kier alpha value is -2.60. The van der Waals surface area contributed by atoms with Crippen LogP contribution in [0.3, 0.4) is 0 Å². The maximum Gasteiger partial charge on any atom is 0.285 e. The molecule has 0 saturated heterocycles. The molecular weight excluding hydrogens is 302 g/mol. The van der Waals surface area contributed by atoms with E-state index in [1.807, 2.05) is 43.5 Å². The molecule has 1 unspecified atom stereocenters. The Morgan fingerprint density at radius 3 is 2.91 bits per heavy atom. The van der Waals surface area contributed by atoms with Crippen LogP contribution >= 0.6 is 11.6 Å². The van der Waals surface area contributed by atoms with Gasteiger partial charge in [-0.2, -0.15) is 10.2 Å². The van der Waals surface area contributed by atoms with Crippen LogP contribution in [0.4, 0.5) is 5.69 Å². The van der Waals surface area contributed by atoms with E-state index in [0.29, 0.717) is 5.69 Å². The third kappa shape index (κ3) is 2.73. The third-order valence-electron chi connectivity index (χ3n) is 3.32. The Bertz CT molecular complexity index is 828. The molecule has 0 saturated carbocycles. The Morgan fingerprint density at radius 2 is 2.14 bits per heavy atom. The number of para-hydroxylation sites is 1. The Morgan fingerprint density at radius 1 is 1.32 bits per heavy atom. The molecule has 22 heavy (non-hydrogen) atoms. The number of anilines is 1. The summed E-state index contributed by atoms with van der Waals surface area (Å²) in [5, 5.41) is 13.6. The predicted octanol–water partition coefficient (Wildman–Crippen LogP) is 2.78. The van der Waals surface area contributed by atoms with Gasteiger partial charge in [0.2, 0.25) is 0 Å². The molecule has 112 valence electrons. The molecule has 6 nitrogen and oxygen atoms in total. The lowest BCUT2D eigenvalue weighted by Crippen LogP contribution is -2.15. The average Bonchev–Trinajstić information content (AvgIpc) is 3.06. The smallest absolute Gasteiger partial charge is 0.285 e. The summed E-state index contributed by atoms with van der Waals surface area (Å²) in [7, 11) is 0. The molecule has 0 amide bonds. The van der Waals surface area contributed by atoms with Crippen LogP contribution < -0.4 is 10.9 Å². The van der Waals surface area contributed by atoms with E-state index < -0.39 is 5.56 Å². The van der Waals surface area contributed by atoms with Crippen molar-refractivity contribution in [2.24, 2.45) is 0 Å². The number of hydrogen-bond acceptors (Lipinski definition) is 4. The molecule has 0 radical (unpaired) electrons. The van der Waals surface area contributed by atoms with E-state index in [0.717, 1.165) is 11.3 Å². The molecule has 2 heterocycles. The van der Waals surface area contributed by atoms with Crippen LogP contribution in [-0.2, 0) is 0 Å². The maximum atomic E-state index is 11.5. The minimum absolute atomic E-state index is 0.0819. The maximum absolute atomic E-state index is 11.5. The van der Waals surface area contributed by atoms with Gasteiger partial charge in [-0.25, -0.2) is 9.78 Å². The van der Waals surface area contributed by atoms with Gasteiger partial charge in [0.25, 0.3) is 5.56 Å². The highest BCUT2D eigenvalue weighted by molar-refractivity contribution is 6.32. The van der Waals surface area contributed by atoms with E-state index in [9.17, 15) is 4.79 Å². The number of hydrogen-bond donors (Lipinski definition) is 2. The van der Waals surface area contributed by atoms with Gasteiger partial charge in [0.1, 0.15) is 5.02 Å². The van der Waals surface area contributed by atoms with Crippen molar-refractivity contribution in [3.05, 3.63) is 69.9 Å². The van der Waals surface area contributed by atoms with Gasteiger partial charge in [-0.3, -0.25) is 4.79 Å². The summed E-state index contributed by atoms with van der Waals surface area (Å²) in [6, 6.07) is 9.68. The summed E-state index contributed by atoms with van der Waals surface area (Å²) in [4.78, 5) is 11.5. The van der Waals surface area contributed by atoms with Gasteiger partial charge in [-0.05, 0) is 24.6 Å². The number of nitrogens with one attached hydrogen (secondary N) is 2. The first-order valence-corrected chi connectivity index (χ1v) is 7.13. The molecule has 1 atom stereocenters. The summed E-state index contributed by atoms with van der Waals surface area (Å²) in [6.45, 7) is 1.99. The quantitative estimate of drug-likeness (QED) is 0.776. The second-order valence-corrected chi connectivity index (χ2v) is 5.18. The first kappa shape index (κ1) is 14.3. The molecular formula is C15H14ClN5O. The van der Waals surface area contributed by atoms with Crippen LogP contribution in [-0.4, -0.2) is 20.0 Å². The topological polar surface area (TPSA) is 75.6 Å². The lowest BCUT2D eigenvalue weighted by atomic mass is 10.1. The second kappa shape index (κ2) is 6.03. The number of aromatic nitrogens is 4. The monoisotopic (exact) mass is 315 g/mol. The number of halogens is 1. The van der Waals surface area contributed by atoms with Gasteiger partial charge in [-0.1, -0.05) is 29.8 Å². The molecule has 7 heteroatoms. The predicted molar refractivity (Wildman–Crippen MR) is 85.5 cm³/mol. The first-order valence-electron chi connectivity index (χ1n) is 6.75. The van der Waals surface area contributed by atoms with E-state index in [2.05, 4.69) is 20.6 Å². The zero-order valence-corrected chi connectivity index (χ0v) is 12.6. The summed E-state index contributed by atoms with van der Waals surface area (Å²) in [5.41, 5.74) is 2.07. The van der Waals surface area contributed by atoms with Gasteiger partial charge in [0.05, 0.1) is 23.6 Å². The van der Waals surface area contributed by atoms with Crippen molar-refractivity contribution in [1.82, 2.24) is 20.0 Å². The van der Waals surface area contributed by atoms with E-state index in [1.54, 1.807) is 10.9 Å². The molecule has 0 aliphatic rings. The van der Waals surface area contributed by atoms with Gasteiger partial charge >= 0.3 is 0 Å². The fraction of sp³-hybridized carbons (Fsp3) is 0.133. The molecule has 0 bridgehead atoms. The summed E-state index contributed by atoms with van der Waals surface area (Å²) < 4.78 is 1.80. The molecule has 0 spiro atoms. The summed E-state index contributed by atoms with van der Waals surface area (Å²) >= 11 is 6.00. The van der Waals surface area contributed by atoms with Crippen molar-refractivity contribution in [3.63, 3.8) is 0 Å². The largest absolute Gasteiger partial charge is 0.376 e. The van der Waals surface area contributed by atoms with Crippen LogP contribution in [0.1, 0.15) is 18.5 Å². The van der Waals surface area contributed by atoms with Crippen molar-refractivity contribution in [1.29, 1.82) is 0 Å². The average molecular weight is 316 g/mol. The van der Waals surface area contributed by atoms with Crippen LogP contribution in [0, 0.1) is 0 Å². The van der Waals surface area contributed by atoms with Gasteiger partial charge in [-0.15, -0.1) is 0 Å². The Labute approximate surface area is 131 Å². The first-order chi connectivity index (χ1) is 10.7. The molecule has 2 aromatic heterocycles. The minimum Gasteiger partial charge on any atom is -0.376 e. The van der Waals surface area contributed by atoms with Crippen molar-refractivity contribution >= 4 is 17.3 Å². The molecule has 0 fully saturated rings. The molecule has 2 N–H and O–H groups in total. The van der Waals surface area contributed by atoms with Crippen LogP contribution in [0.15, 0.2) is 53.7 Å². The van der Waals surface area contributed by atoms with E-state index in [1.165, 1.54) is 6.20 Å². The fourth-order valence-electron chi connectivity index (χ4n) is 2.27. The van der Waals surface area contributed by atoms with Crippen LogP contribution in [0.2, 0.25) is 5.02 Å². The fourth-order valence-corrected chi connectivity index (χ4v) is 2.41. The van der Waals surface area contributed by atoms with Crippen molar-refractivity contribution in [2.45, 2.75) is 13.0 Å². The van der Waals surface area contributed by atoms with Crippen molar-refractivity contribution in [3.8, 4) is 5.69 Å². The highest BCUT2D eigenvalue weighted by Crippen LogP contribution is 2.26. The van der Waals surface area contributed by atoms with Gasteiger partial charge in [0, 0.05) is 12.4 Å². The highest BCUT2D eigenvalue weighted by Gasteiger charge is 2.14. The van der Waals surface area contributed by atoms with E-state index in [4.69, 9.17) is 11.6 Å². The van der Waals surface area contributed by atoms with E-state index >= 15 is 0 Å². The number of aromatic amines is 1. The molecule has 3 aromatic rings. The zero-order valence-electron chi connectivity index (χ0n) is 11.8. The lowest BCUT2D eigenvalue weighted by molar-refractivity contribution is 0.815. The SMILES string of the molecule is CC(Nc1cn[nH]c(=O)c1Cl)c1ccccc1-n1cccn1. The van der Waals surface area contributed by atoms with Crippen LogP contribution in [0.25, 0.3) is 5.69 Å². The lowest BCUT2D eigenvalue weighted by Gasteiger charge is -2.19. The highest BCUT2D eigenvalue weighted by atomic mass is 35.5. The van der Waals surface area contributed by atoms with Crippen molar-refractivity contribution < 1.29 is 0 Å². The summed E-state index contributed by atoms with van der Waals surface area (Å²) in [5.74, 6) is 0. The number of benzene rings is 1. The van der Waals surface area contributed by atoms with Crippen molar-refractivity contribution in [2.75, 3.05) is 5.32 Å². The standard InChI is InChI=1S/C15H14ClN5O/c1-10(19-12-9-17-20-15(22)14(12)16)11-5-2-3-6-13(11)21-8-4-7-18-21/h2-10H,1H3,(H2,19,20,22). The minimum atomic E-state index is -0.417. The van der Waals surface area contributed by atoms with E-state index in [-0.39, 0.29) is 11.1 Å². The Kier molecular flexibility index (Phi) is 3.93. The second-order valence-electron chi connectivity index (χ2n) is 4.80. The van der Waals surface area contributed by atoms with Crippen LogP contribution in [0.5, 0.6) is 0 Å². The number of H-pyrrole nitrogens is 1. The van der Waals surface area contributed by atoms with Gasteiger partial charge in [0.15, 0.2) is 0 Å². The molecule has 3 rings (SSSR count). The molecule has 0 aliphatic heterocycles. The number of rotatable bonds is 4. The Balaban J connectivity index is 1.95. The summed E-state index contributed by atoms with van der Waals surface area (Å²) in [6.07, 6.45) is 5.11.